The van der Waals surface area contributed by atoms with E-state index in [0.29, 0.717) is 12.5 Å². The third-order valence-corrected chi connectivity index (χ3v) is 4.28. The molecule has 1 heterocycles. The number of hydrogen-bond acceptors (Lipinski definition) is 4. The van der Waals surface area contributed by atoms with Crippen molar-refractivity contribution < 1.29 is 4.74 Å². The zero-order valence-corrected chi connectivity index (χ0v) is 20.5. The van der Waals surface area contributed by atoms with E-state index < -0.39 is 0 Å². The van der Waals surface area contributed by atoms with Crippen LogP contribution >= 0.6 is 24.0 Å². The molecule has 8 heteroatoms. The summed E-state index contributed by atoms with van der Waals surface area (Å²) < 4.78 is 7.81. The van der Waals surface area contributed by atoms with Crippen LogP contribution in [0.25, 0.3) is 0 Å². The van der Waals surface area contributed by atoms with Gasteiger partial charge in [0.15, 0.2) is 5.96 Å². The lowest BCUT2D eigenvalue weighted by Crippen LogP contribution is -2.39. The van der Waals surface area contributed by atoms with E-state index in [1.807, 2.05) is 16.7 Å². The molecule has 2 N–H and O–H groups in total. The lowest BCUT2D eigenvalue weighted by molar-refractivity contribution is 0.271. The fourth-order valence-corrected chi connectivity index (χ4v) is 2.73. The molecule has 0 aliphatic carbocycles. The lowest BCUT2D eigenvalue weighted by Gasteiger charge is -2.19. The van der Waals surface area contributed by atoms with Crippen LogP contribution < -0.4 is 15.4 Å². The fourth-order valence-electron chi connectivity index (χ4n) is 2.73. The Morgan fingerprint density at radius 3 is 2.52 bits per heavy atom. The third-order valence-electron chi connectivity index (χ3n) is 4.28. The van der Waals surface area contributed by atoms with Gasteiger partial charge in [0.05, 0.1) is 19.2 Å². The molecule has 0 spiro atoms. The van der Waals surface area contributed by atoms with Crippen LogP contribution in [0.3, 0.4) is 0 Å². The van der Waals surface area contributed by atoms with Crippen molar-refractivity contribution in [3.8, 4) is 5.75 Å². The largest absolute Gasteiger partial charge is 0.493 e. The minimum atomic E-state index is 0. The quantitative estimate of drug-likeness (QED) is 0.287. The number of ether oxygens (including phenoxy) is 1. The molecule has 0 amide bonds. The Morgan fingerprint density at radius 1 is 1.17 bits per heavy atom. The summed E-state index contributed by atoms with van der Waals surface area (Å²) in [6, 6.07) is 8.39. The van der Waals surface area contributed by atoms with E-state index in [1.54, 1.807) is 6.33 Å². The van der Waals surface area contributed by atoms with Gasteiger partial charge in [0.2, 0.25) is 0 Å². The summed E-state index contributed by atoms with van der Waals surface area (Å²) in [7, 11) is 0. The molecule has 0 radical (unpaired) electrons. The van der Waals surface area contributed by atoms with Crippen molar-refractivity contribution >= 4 is 29.9 Å². The summed E-state index contributed by atoms with van der Waals surface area (Å²) in [4.78, 5) is 4.69. The molecule has 1 atom stereocenters. The Labute approximate surface area is 191 Å². The Hall–Kier alpha value is -1.84. The van der Waals surface area contributed by atoms with E-state index in [-0.39, 0.29) is 30.0 Å². The normalized spacial score (nSPS) is 12.4. The first-order valence-corrected chi connectivity index (χ1v) is 10.2. The highest BCUT2D eigenvalue weighted by molar-refractivity contribution is 14.0. The Kier molecular flexibility index (Phi) is 11.6. The van der Waals surface area contributed by atoms with Crippen LogP contribution in [0, 0.1) is 5.92 Å². The fraction of sp³-hybridized carbons (Fsp3) is 0.571. The second kappa shape index (κ2) is 13.4. The highest BCUT2D eigenvalue weighted by atomic mass is 127. The molecule has 29 heavy (non-hydrogen) atoms. The summed E-state index contributed by atoms with van der Waals surface area (Å²) in [5.74, 6) is 3.22. The van der Waals surface area contributed by atoms with E-state index in [9.17, 15) is 0 Å². The lowest BCUT2D eigenvalue weighted by atomic mass is 10.1. The van der Waals surface area contributed by atoms with E-state index in [1.165, 1.54) is 5.56 Å². The van der Waals surface area contributed by atoms with Crippen LogP contribution in [0.2, 0.25) is 0 Å². The summed E-state index contributed by atoms with van der Waals surface area (Å²) in [5.41, 5.74) is 1.19. The zero-order chi connectivity index (χ0) is 20.4. The number of hydrogen-bond donors (Lipinski definition) is 2. The van der Waals surface area contributed by atoms with Crippen molar-refractivity contribution in [2.75, 3.05) is 19.7 Å². The molecule has 0 aliphatic heterocycles. The van der Waals surface area contributed by atoms with E-state index in [2.05, 4.69) is 72.6 Å². The molecule has 0 aliphatic rings. The zero-order valence-electron chi connectivity index (χ0n) is 18.2. The number of aromatic nitrogens is 3. The number of nitrogens with one attached hydrogen (secondary N) is 2. The molecule has 2 rings (SSSR count). The summed E-state index contributed by atoms with van der Waals surface area (Å²) in [6.07, 6.45) is 2.64. The highest BCUT2D eigenvalue weighted by Gasteiger charge is 2.08. The van der Waals surface area contributed by atoms with Gasteiger partial charge in [-0.15, -0.1) is 34.2 Å². The monoisotopic (exact) mass is 514 g/mol. The van der Waals surface area contributed by atoms with Gasteiger partial charge in [0.25, 0.3) is 0 Å². The number of nitrogens with zero attached hydrogens (tertiary/aromatic N) is 4. The number of benzene rings is 1. The van der Waals surface area contributed by atoms with Gasteiger partial charge >= 0.3 is 0 Å². The molecule has 2 aromatic rings. The van der Waals surface area contributed by atoms with Crippen molar-refractivity contribution in [2.45, 2.75) is 53.6 Å². The Balaban J connectivity index is 0.00000420. The van der Waals surface area contributed by atoms with Crippen molar-refractivity contribution in [3.05, 3.63) is 42.0 Å². The van der Waals surface area contributed by atoms with Crippen molar-refractivity contribution in [3.63, 3.8) is 0 Å². The van der Waals surface area contributed by atoms with Crippen LogP contribution in [-0.2, 0) is 13.0 Å². The minimum absolute atomic E-state index is 0. The summed E-state index contributed by atoms with van der Waals surface area (Å²) in [6.45, 7) is 13.5. The number of guanidine groups is 1. The number of aliphatic imine (C=N–C) groups is 1. The van der Waals surface area contributed by atoms with Crippen molar-refractivity contribution in [2.24, 2.45) is 10.9 Å². The topological polar surface area (TPSA) is 76.4 Å². The number of aryl methyl sites for hydroxylation is 1. The van der Waals surface area contributed by atoms with E-state index in [0.717, 1.165) is 43.7 Å². The first kappa shape index (κ1) is 25.2. The van der Waals surface area contributed by atoms with Gasteiger partial charge in [-0.2, -0.15) is 0 Å². The average Bonchev–Trinajstić information content (AvgIpc) is 3.14. The van der Waals surface area contributed by atoms with Crippen molar-refractivity contribution in [1.82, 2.24) is 25.4 Å². The Bertz CT molecular complexity index is 729. The maximum Gasteiger partial charge on any atom is 0.191 e. The molecule has 1 aromatic heterocycles. The first-order chi connectivity index (χ1) is 13.5. The standard InChI is InChI=1S/C21H34N6O.HI/c1-6-20-26-24-15-27(20)13-12-23-21(22-7-2)25-17(5)18-8-10-19(11-9-18)28-14-16(3)4;/h8-11,15-17H,6-7,12-14H2,1-5H3,(H2,22,23,25);1H. The SMILES string of the molecule is CCNC(=NCCn1cnnc1CC)NC(C)c1ccc(OCC(C)C)cc1.I. The molecule has 1 aromatic carbocycles. The van der Waals surface area contributed by atoms with Gasteiger partial charge in [-0.25, -0.2) is 0 Å². The van der Waals surface area contributed by atoms with E-state index >= 15 is 0 Å². The molecular formula is C21H35IN6O. The molecule has 7 nitrogen and oxygen atoms in total. The van der Waals surface area contributed by atoms with E-state index in [4.69, 9.17) is 4.74 Å². The molecule has 162 valence electrons. The molecule has 0 bridgehead atoms. The first-order valence-electron chi connectivity index (χ1n) is 10.2. The highest BCUT2D eigenvalue weighted by Crippen LogP contribution is 2.18. The van der Waals surface area contributed by atoms with Gasteiger partial charge in [-0.3, -0.25) is 4.99 Å². The van der Waals surface area contributed by atoms with Crippen LogP contribution in [0.4, 0.5) is 0 Å². The molecule has 0 saturated heterocycles. The smallest absolute Gasteiger partial charge is 0.191 e. The summed E-state index contributed by atoms with van der Waals surface area (Å²) in [5, 5.41) is 14.9. The van der Waals surface area contributed by atoms with Crippen LogP contribution in [0.15, 0.2) is 35.6 Å². The van der Waals surface area contributed by atoms with Gasteiger partial charge in [-0.1, -0.05) is 32.9 Å². The second-order valence-electron chi connectivity index (χ2n) is 7.19. The van der Waals surface area contributed by atoms with Crippen LogP contribution in [-0.4, -0.2) is 40.4 Å². The van der Waals surface area contributed by atoms with Gasteiger partial charge in [0.1, 0.15) is 17.9 Å². The minimum Gasteiger partial charge on any atom is -0.493 e. The van der Waals surface area contributed by atoms with Gasteiger partial charge in [0, 0.05) is 19.5 Å². The number of halogens is 1. The maximum atomic E-state index is 5.76. The van der Waals surface area contributed by atoms with Crippen LogP contribution in [0.5, 0.6) is 5.75 Å². The molecular weight excluding hydrogens is 479 g/mol. The molecule has 1 unspecified atom stereocenters. The predicted molar refractivity (Wildman–Crippen MR) is 129 cm³/mol. The second-order valence-corrected chi connectivity index (χ2v) is 7.19. The third kappa shape index (κ3) is 8.59. The summed E-state index contributed by atoms with van der Waals surface area (Å²) >= 11 is 0. The Morgan fingerprint density at radius 2 is 1.90 bits per heavy atom. The average molecular weight is 514 g/mol. The van der Waals surface area contributed by atoms with Crippen molar-refractivity contribution in [1.29, 1.82) is 0 Å². The van der Waals surface area contributed by atoms with Gasteiger partial charge in [-0.05, 0) is 37.5 Å². The number of rotatable bonds is 10. The van der Waals surface area contributed by atoms with Gasteiger partial charge < -0.3 is 19.9 Å². The molecule has 0 fully saturated rings. The maximum absolute atomic E-state index is 5.76. The predicted octanol–water partition coefficient (Wildman–Crippen LogP) is 3.81. The van der Waals surface area contributed by atoms with Crippen LogP contribution in [0.1, 0.15) is 52.0 Å². The molecule has 0 saturated carbocycles.